The fourth-order valence-electron chi connectivity index (χ4n) is 3.74. The molecule has 2 saturated heterocycles. The molecule has 2 heterocycles. The number of halogens is 2. The quantitative estimate of drug-likeness (QED) is 0.730. The number of piperidine rings is 1. The highest BCUT2D eigenvalue weighted by molar-refractivity contribution is 7.88. The van der Waals surface area contributed by atoms with Gasteiger partial charge < -0.3 is 4.90 Å². The fourth-order valence-corrected chi connectivity index (χ4v) is 5.17. The first-order chi connectivity index (χ1) is 12.8. The highest BCUT2D eigenvalue weighted by Crippen LogP contribution is 2.26. The predicted molar refractivity (Wildman–Crippen MR) is 107 cm³/mol. The second kappa shape index (κ2) is 8.66. The van der Waals surface area contributed by atoms with Gasteiger partial charge in [-0.1, -0.05) is 29.3 Å². The number of benzene rings is 1. The van der Waals surface area contributed by atoms with Gasteiger partial charge in [0.15, 0.2) is 0 Å². The number of carbonyl (C=O) groups is 1. The molecule has 1 amide bonds. The van der Waals surface area contributed by atoms with Crippen molar-refractivity contribution < 1.29 is 13.2 Å². The normalized spacial score (nSPS) is 22.8. The maximum Gasteiger partial charge on any atom is 0.227 e. The number of sulfonamides is 1. The van der Waals surface area contributed by atoms with E-state index in [1.165, 1.54) is 10.6 Å². The lowest BCUT2D eigenvalue weighted by molar-refractivity contribution is -0.138. The number of amides is 1. The Labute approximate surface area is 171 Å². The standard InChI is InChI=1S/C18H25Cl2N3O3S/c1-27(25,26)23-7-3-4-14(12-23)18(24)22-10-8-21(9-11-22)13-15-16(19)5-2-6-17(15)20/h2,5-6,14H,3-4,7-13H2,1H3/t14-/m0/s1. The van der Waals surface area contributed by atoms with Gasteiger partial charge in [0, 0.05) is 61.4 Å². The summed E-state index contributed by atoms with van der Waals surface area (Å²) in [5.41, 5.74) is 0.914. The Balaban J connectivity index is 1.55. The molecule has 150 valence electrons. The van der Waals surface area contributed by atoms with Crippen molar-refractivity contribution in [1.82, 2.24) is 14.1 Å². The van der Waals surface area contributed by atoms with Gasteiger partial charge in [0.2, 0.25) is 15.9 Å². The second-order valence-corrected chi connectivity index (χ2v) is 10.1. The molecule has 0 aliphatic carbocycles. The number of hydrogen-bond donors (Lipinski definition) is 0. The summed E-state index contributed by atoms with van der Waals surface area (Å²) < 4.78 is 25.0. The monoisotopic (exact) mass is 433 g/mol. The molecule has 6 nitrogen and oxygen atoms in total. The lowest BCUT2D eigenvalue weighted by Crippen LogP contribution is -2.52. The number of rotatable bonds is 4. The first-order valence-electron chi connectivity index (χ1n) is 9.15. The van der Waals surface area contributed by atoms with Gasteiger partial charge in [-0.15, -0.1) is 0 Å². The maximum atomic E-state index is 12.8. The van der Waals surface area contributed by atoms with Crippen LogP contribution < -0.4 is 0 Å². The Morgan fingerprint density at radius 3 is 2.33 bits per heavy atom. The van der Waals surface area contributed by atoms with Crippen molar-refractivity contribution in [3.8, 4) is 0 Å². The molecule has 0 spiro atoms. The smallest absolute Gasteiger partial charge is 0.227 e. The Morgan fingerprint density at radius 1 is 1.11 bits per heavy atom. The molecule has 0 aromatic heterocycles. The predicted octanol–water partition coefficient (Wildman–Crippen LogP) is 2.31. The van der Waals surface area contributed by atoms with Gasteiger partial charge >= 0.3 is 0 Å². The molecule has 0 unspecified atom stereocenters. The molecule has 1 atom stereocenters. The van der Waals surface area contributed by atoms with Crippen LogP contribution in [0.1, 0.15) is 18.4 Å². The average Bonchev–Trinajstić information content (AvgIpc) is 2.64. The van der Waals surface area contributed by atoms with Gasteiger partial charge in [-0.05, 0) is 25.0 Å². The zero-order chi connectivity index (χ0) is 19.6. The lowest BCUT2D eigenvalue weighted by Gasteiger charge is -2.38. The summed E-state index contributed by atoms with van der Waals surface area (Å²) in [6.45, 7) is 4.23. The third kappa shape index (κ3) is 5.15. The van der Waals surface area contributed by atoms with E-state index in [0.717, 1.165) is 31.5 Å². The minimum atomic E-state index is -3.25. The van der Waals surface area contributed by atoms with Crippen molar-refractivity contribution in [3.05, 3.63) is 33.8 Å². The van der Waals surface area contributed by atoms with Gasteiger partial charge in [0.05, 0.1) is 12.2 Å². The molecule has 0 radical (unpaired) electrons. The zero-order valence-corrected chi connectivity index (χ0v) is 17.7. The lowest BCUT2D eigenvalue weighted by atomic mass is 9.97. The van der Waals surface area contributed by atoms with Crippen LogP contribution >= 0.6 is 23.2 Å². The molecule has 1 aromatic rings. The van der Waals surface area contributed by atoms with E-state index < -0.39 is 10.0 Å². The van der Waals surface area contributed by atoms with E-state index in [1.807, 2.05) is 23.1 Å². The number of piperazine rings is 1. The maximum absolute atomic E-state index is 12.8. The Hall–Kier alpha value is -0.860. The van der Waals surface area contributed by atoms with Crippen molar-refractivity contribution in [2.75, 3.05) is 45.5 Å². The Bertz CT molecular complexity index is 775. The van der Waals surface area contributed by atoms with Crippen LogP contribution in [0.25, 0.3) is 0 Å². The summed E-state index contributed by atoms with van der Waals surface area (Å²) in [6, 6.07) is 5.49. The molecule has 2 aliphatic rings. The van der Waals surface area contributed by atoms with E-state index in [0.29, 0.717) is 42.8 Å². The second-order valence-electron chi connectivity index (χ2n) is 7.26. The van der Waals surface area contributed by atoms with Crippen molar-refractivity contribution in [3.63, 3.8) is 0 Å². The van der Waals surface area contributed by atoms with Crippen LogP contribution in [0.5, 0.6) is 0 Å². The van der Waals surface area contributed by atoms with E-state index in [-0.39, 0.29) is 11.8 Å². The summed E-state index contributed by atoms with van der Waals surface area (Å²) in [4.78, 5) is 16.9. The summed E-state index contributed by atoms with van der Waals surface area (Å²) >= 11 is 12.5. The van der Waals surface area contributed by atoms with E-state index in [4.69, 9.17) is 23.2 Å². The van der Waals surface area contributed by atoms with E-state index in [1.54, 1.807) is 0 Å². The summed E-state index contributed by atoms with van der Waals surface area (Å²) in [7, 11) is -3.25. The zero-order valence-electron chi connectivity index (χ0n) is 15.4. The van der Waals surface area contributed by atoms with Crippen LogP contribution in [0, 0.1) is 5.92 Å². The number of hydrogen-bond acceptors (Lipinski definition) is 4. The molecular weight excluding hydrogens is 409 g/mol. The molecule has 1 aromatic carbocycles. The molecule has 0 N–H and O–H groups in total. The van der Waals surface area contributed by atoms with Gasteiger partial charge in [-0.25, -0.2) is 12.7 Å². The van der Waals surface area contributed by atoms with Crippen LogP contribution in [0.2, 0.25) is 10.0 Å². The van der Waals surface area contributed by atoms with E-state index in [2.05, 4.69) is 4.90 Å². The summed E-state index contributed by atoms with van der Waals surface area (Å²) in [5.74, 6) is -0.170. The molecule has 2 fully saturated rings. The highest BCUT2D eigenvalue weighted by Gasteiger charge is 2.33. The molecule has 9 heteroatoms. The van der Waals surface area contributed by atoms with E-state index in [9.17, 15) is 13.2 Å². The Kier molecular flexibility index (Phi) is 6.69. The molecule has 27 heavy (non-hydrogen) atoms. The van der Waals surface area contributed by atoms with Crippen molar-refractivity contribution >= 4 is 39.1 Å². The molecule has 3 rings (SSSR count). The first-order valence-corrected chi connectivity index (χ1v) is 11.8. The average molecular weight is 434 g/mol. The fraction of sp³-hybridized carbons (Fsp3) is 0.611. The van der Waals surface area contributed by atoms with Gasteiger partial charge in [0.25, 0.3) is 0 Å². The van der Waals surface area contributed by atoms with Crippen LogP contribution in [-0.2, 0) is 21.4 Å². The molecule has 0 bridgehead atoms. The highest BCUT2D eigenvalue weighted by atomic mass is 35.5. The first kappa shape index (κ1) is 20.9. The van der Waals surface area contributed by atoms with Crippen molar-refractivity contribution in [2.24, 2.45) is 5.92 Å². The summed E-state index contributed by atoms with van der Waals surface area (Å²) in [5, 5.41) is 1.31. The topological polar surface area (TPSA) is 60.9 Å². The van der Waals surface area contributed by atoms with Gasteiger partial charge in [-0.2, -0.15) is 0 Å². The third-order valence-corrected chi connectivity index (χ3v) is 7.31. The van der Waals surface area contributed by atoms with Crippen LogP contribution in [0.15, 0.2) is 18.2 Å². The minimum Gasteiger partial charge on any atom is -0.340 e. The van der Waals surface area contributed by atoms with Gasteiger partial charge in [0.1, 0.15) is 0 Å². The van der Waals surface area contributed by atoms with Crippen LogP contribution in [0.4, 0.5) is 0 Å². The largest absolute Gasteiger partial charge is 0.340 e. The SMILES string of the molecule is CS(=O)(=O)N1CCC[C@H](C(=O)N2CCN(Cc3c(Cl)cccc3Cl)CC2)C1. The third-order valence-electron chi connectivity index (χ3n) is 5.33. The number of carbonyl (C=O) groups excluding carboxylic acids is 1. The molecule has 0 saturated carbocycles. The molecule has 2 aliphatic heterocycles. The summed E-state index contributed by atoms with van der Waals surface area (Å²) in [6.07, 6.45) is 2.69. The van der Waals surface area contributed by atoms with Crippen LogP contribution in [0.3, 0.4) is 0 Å². The van der Waals surface area contributed by atoms with Crippen molar-refractivity contribution in [2.45, 2.75) is 19.4 Å². The van der Waals surface area contributed by atoms with Gasteiger partial charge in [-0.3, -0.25) is 9.69 Å². The minimum absolute atomic E-state index is 0.0683. The van der Waals surface area contributed by atoms with Crippen molar-refractivity contribution in [1.29, 1.82) is 0 Å². The molecular formula is C18H25Cl2N3O3S. The van der Waals surface area contributed by atoms with E-state index >= 15 is 0 Å². The number of nitrogens with zero attached hydrogens (tertiary/aromatic N) is 3. The Morgan fingerprint density at radius 2 is 1.74 bits per heavy atom. The van der Waals surface area contributed by atoms with Crippen LogP contribution in [-0.4, -0.2) is 74.0 Å².